The van der Waals surface area contributed by atoms with Crippen LogP contribution in [0.1, 0.15) is 37.0 Å². The second kappa shape index (κ2) is 6.98. The molecule has 0 atom stereocenters. The second-order valence-corrected chi connectivity index (χ2v) is 4.72. The maximum absolute atomic E-state index is 13.1. The van der Waals surface area contributed by atoms with E-state index in [0.29, 0.717) is 6.42 Å². The summed E-state index contributed by atoms with van der Waals surface area (Å²) < 4.78 is 26.0. The van der Waals surface area contributed by atoms with Crippen molar-refractivity contribution in [3.05, 3.63) is 35.4 Å². The number of carbonyl (C=O) groups is 2. The minimum atomic E-state index is -1.08. The van der Waals surface area contributed by atoms with Gasteiger partial charge in [-0.2, -0.15) is 0 Å². The van der Waals surface area contributed by atoms with Crippen LogP contribution in [0.5, 0.6) is 0 Å². The molecule has 0 aliphatic carbocycles. The highest BCUT2D eigenvalue weighted by molar-refractivity contribution is 5.94. The molecule has 0 bridgehead atoms. The van der Waals surface area contributed by atoms with Crippen molar-refractivity contribution in [3.8, 4) is 0 Å². The Balaban J connectivity index is 2.82. The normalized spacial score (nSPS) is 10.7. The van der Waals surface area contributed by atoms with Crippen LogP contribution >= 0.6 is 0 Å². The highest BCUT2D eigenvalue weighted by Gasteiger charge is 2.20. The van der Waals surface area contributed by atoms with Gasteiger partial charge >= 0.3 is 5.97 Å². The van der Waals surface area contributed by atoms with E-state index < -0.39 is 23.5 Å². The van der Waals surface area contributed by atoms with Crippen LogP contribution in [0.3, 0.4) is 0 Å². The van der Waals surface area contributed by atoms with Gasteiger partial charge in [-0.1, -0.05) is 0 Å². The van der Waals surface area contributed by atoms with Gasteiger partial charge in [-0.15, -0.1) is 0 Å². The van der Waals surface area contributed by atoms with E-state index in [-0.39, 0.29) is 24.6 Å². The number of carboxylic acids is 1. The molecule has 0 saturated carbocycles. The molecule has 4 nitrogen and oxygen atoms in total. The highest BCUT2D eigenvalue weighted by Crippen LogP contribution is 2.13. The predicted octanol–water partition coefficient (Wildman–Crippen LogP) is 2.68. The van der Waals surface area contributed by atoms with E-state index in [1.807, 2.05) is 0 Å². The predicted molar refractivity (Wildman–Crippen MR) is 69.4 cm³/mol. The largest absolute Gasteiger partial charge is 0.481 e. The number of aliphatic carboxylic acids is 1. The van der Waals surface area contributed by atoms with E-state index in [2.05, 4.69) is 0 Å². The van der Waals surface area contributed by atoms with Crippen LogP contribution in [0.15, 0.2) is 18.2 Å². The first kappa shape index (κ1) is 16.1. The van der Waals surface area contributed by atoms with Gasteiger partial charge in [0.05, 0.1) is 0 Å². The first-order valence-corrected chi connectivity index (χ1v) is 6.30. The van der Waals surface area contributed by atoms with Crippen molar-refractivity contribution in [1.29, 1.82) is 0 Å². The molecule has 1 amide bonds. The van der Waals surface area contributed by atoms with E-state index in [1.54, 1.807) is 13.8 Å². The molecule has 20 heavy (non-hydrogen) atoms. The van der Waals surface area contributed by atoms with E-state index in [0.717, 1.165) is 12.1 Å². The Bertz CT molecular complexity index is 503. The Hall–Kier alpha value is -1.98. The minimum Gasteiger partial charge on any atom is -0.481 e. The first-order valence-electron chi connectivity index (χ1n) is 6.30. The highest BCUT2D eigenvalue weighted by atomic mass is 19.2. The summed E-state index contributed by atoms with van der Waals surface area (Å²) in [5, 5.41) is 8.59. The number of rotatable bonds is 6. The van der Waals surface area contributed by atoms with Crippen LogP contribution in [0.4, 0.5) is 8.78 Å². The third-order valence-electron chi connectivity index (χ3n) is 2.84. The molecule has 1 aromatic rings. The Morgan fingerprint density at radius 2 is 1.90 bits per heavy atom. The van der Waals surface area contributed by atoms with E-state index in [4.69, 9.17) is 5.11 Å². The van der Waals surface area contributed by atoms with Crippen LogP contribution in [-0.2, 0) is 4.79 Å². The van der Waals surface area contributed by atoms with Crippen molar-refractivity contribution in [2.24, 2.45) is 0 Å². The summed E-state index contributed by atoms with van der Waals surface area (Å²) in [6, 6.07) is 2.81. The van der Waals surface area contributed by atoms with Crippen molar-refractivity contribution >= 4 is 11.9 Å². The lowest BCUT2D eigenvalue weighted by Crippen LogP contribution is -2.38. The van der Waals surface area contributed by atoms with Crippen LogP contribution in [0, 0.1) is 11.6 Å². The molecular weight excluding hydrogens is 268 g/mol. The fraction of sp³-hybridized carbons (Fsp3) is 0.429. The molecule has 0 aromatic heterocycles. The molecule has 1 aromatic carbocycles. The van der Waals surface area contributed by atoms with Gasteiger partial charge in [0.1, 0.15) is 0 Å². The Labute approximate surface area is 116 Å². The number of amides is 1. The molecule has 0 spiro atoms. The first-order chi connectivity index (χ1) is 9.32. The van der Waals surface area contributed by atoms with Crippen molar-refractivity contribution in [2.75, 3.05) is 6.54 Å². The van der Waals surface area contributed by atoms with Crippen LogP contribution in [0.25, 0.3) is 0 Å². The fourth-order valence-electron chi connectivity index (χ4n) is 1.79. The average molecular weight is 285 g/mol. The van der Waals surface area contributed by atoms with Gasteiger partial charge in [0.25, 0.3) is 5.91 Å². The SMILES string of the molecule is CC(C)N(CCCC(=O)O)C(=O)c1ccc(F)c(F)c1. The zero-order chi connectivity index (χ0) is 15.3. The lowest BCUT2D eigenvalue weighted by atomic mass is 10.1. The Morgan fingerprint density at radius 3 is 2.40 bits per heavy atom. The minimum absolute atomic E-state index is 0.0473. The van der Waals surface area contributed by atoms with Gasteiger partial charge in [0, 0.05) is 24.6 Å². The molecule has 0 radical (unpaired) electrons. The molecule has 1 rings (SSSR count). The van der Waals surface area contributed by atoms with Crippen molar-refractivity contribution in [3.63, 3.8) is 0 Å². The smallest absolute Gasteiger partial charge is 0.303 e. The Morgan fingerprint density at radius 1 is 1.25 bits per heavy atom. The topological polar surface area (TPSA) is 57.6 Å². The number of carbonyl (C=O) groups excluding carboxylic acids is 1. The van der Waals surface area contributed by atoms with Gasteiger partial charge in [-0.25, -0.2) is 8.78 Å². The third kappa shape index (κ3) is 4.29. The molecule has 6 heteroatoms. The standard InChI is InChI=1S/C14H17F2NO3/c1-9(2)17(7-3-4-13(18)19)14(20)10-5-6-11(15)12(16)8-10/h5-6,8-9H,3-4,7H2,1-2H3,(H,18,19). The molecule has 0 aliphatic rings. The molecule has 0 fully saturated rings. The van der Waals surface area contributed by atoms with Gasteiger partial charge in [0.15, 0.2) is 11.6 Å². The molecule has 1 N–H and O–H groups in total. The van der Waals surface area contributed by atoms with Gasteiger partial charge in [-0.05, 0) is 38.5 Å². The molecule has 0 unspecified atom stereocenters. The number of hydrogen-bond acceptors (Lipinski definition) is 2. The number of hydrogen-bond donors (Lipinski definition) is 1. The average Bonchev–Trinajstić information content (AvgIpc) is 2.36. The summed E-state index contributed by atoms with van der Waals surface area (Å²) in [5.41, 5.74) is 0.0490. The van der Waals surface area contributed by atoms with Gasteiger partial charge in [0.2, 0.25) is 0 Å². The lowest BCUT2D eigenvalue weighted by molar-refractivity contribution is -0.137. The Kier molecular flexibility index (Phi) is 5.61. The van der Waals surface area contributed by atoms with Crippen LogP contribution in [-0.4, -0.2) is 34.5 Å². The third-order valence-corrected chi connectivity index (χ3v) is 2.84. The number of benzene rings is 1. The maximum Gasteiger partial charge on any atom is 0.303 e. The summed E-state index contributed by atoms with van der Waals surface area (Å²) in [6.07, 6.45) is 0.261. The van der Waals surface area contributed by atoms with Crippen LogP contribution in [0.2, 0.25) is 0 Å². The van der Waals surface area contributed by atoms with Crippen molar-refractivity contribution in [1.82, 2.24) is 4.90 Å². The number of nitrogens with zero attached hydrogens (tertiary/aromatic N) is 1. The quantitative estimate of drug-likeness (QED) is 0.874. The van der Waals surface area contributed by atoms with Crippen molar-refractivity contribution < 1.29 is 23.5 Å². The van der Waals surface area contributed by atoms with E-state index >= 15 is 0 Å². The van der Waals surface area contributed by atoms with E-state index in [1.165, 1.54) is 11.0 Å². The summed E-state index contributed by atoms with van der Waals surface area (Å²) in [6.45, 7) is 3.80. The zero-order valence-corrected chi connectivity index (χ0v) is 11.4. The molecular formula is C14H17F2NO3. The van der Waals surface area contributed by atoms with Crippen LogP contribution < -0.4 is 0 Å². The zero-order valence-electron chi connectivity index (χ0n) is 11.4. The van der Waals surface area contributed by atoms with E-state index in [9.17, 15) is 18.4 Å². The second-order valence-electron chi connectivity index (χ2n) is 4.72. The van der Waals surface area contributed by atoms with Gasteiger partial charge in [-0.3, -0.25) is 9.59 Å². The molecule has 0 aliphatic heterocycles. The maximum atomic E-state index is 13.1. The molecule has 110 valence electrons. The van der Waals surface area contributed by atoms with Gasteiger partial charge < -0.3 is 10.0 Å². The summed E-state index contributed by atoms with van der Waals surface area (Å²) in [5.74, 6) is -3.47. The summed E-state index contributed by atoms with van der Waals surface area (Å²) in [4.78, 5) is 24.1. The molecule has 0 saturated heterocycles. The number of halogens is 2. The summed E-state index contributed by atoms with van der Waals surface area (Å²) >= 11 is 0. The molecule has 0 heterocycles. The lowest BCUT2D eigenvalue weighted by Gasteiger charge is -2.26. The van der Waals surface area contributed by atoms with Crippen molar-refractivity contribution in [2.45, 2.75) is 32.7 Å². The summed E-state index contributed by atoms with van der Waals surface area (Å²) in [7, 11) is 0. The number of carboxylic acid groups (broad SMARTS) is 1. The monoisotopic (exact) mass is 285 g/mol. The fourth-order valence-corrected chi connectivity index (χ4v) is 1.79.